The number of nitrogens with one attached hydrogen (secondary N) is 1. The predicted molar refractivity (Wildman–Crippen MR) is 153 cm³/mol. The maximum absolute atomic E-state index is 12.2. The topological polar surface area (TPSA) is 86.5 Å². The van der Waals surface area contributed by atoms with E-state index < -0.39 is 13.7 Å². The summed E-state index contributed by atoms with van der Waals surface area (Å²) < 4.78 is 28.1. The van der Waals surface area contributed by atoms with Gasteiger partial charge in [0.1, 0.15) is 6.10 Å². The van der Waals surface area contributed by atoms with E-state index in [2.05, 4.69) is 6.92 Å². The van der Waals surface area contributed by atoms with Crippen LogP contribution in [-0.2, 0) is 23.4 Å². The van der Waals surface area contributed by atoms with Gasteiger partial charge in [0.25, 0.3) is 6.47 Å². The van der Waals surface area contributed by atoms with Crippen LogP contribution in [0.4, 0.5) is 0 Å². The average Bonchev–Trinajstić information content (AvgIpc) is 2.89. The van der Waals surface area contributed by atoms with Gasteiger partial charge in [0.15, 0.2) is 0 Å². The summed E-state index contributed by atoms with van der Waals surface area (Å²) >= 11 is 0. The number of unbranched alkanes of at least 4 members (excludes halogenated alkanes) is 16. The minimum Gasteiger partial charge on any atom is -0.460 e. The van der Waals surface area contributed by atoms with Gasteiger partial charge >= 0.3 is 7.60 Å². The van der Waals surface area contributed by atoms with E-state index in [0.29, 0.717) is 19.6 Å². The second-order valence-electron chi connectivity index (χ2n) is 10.5. The lowest BCUT2D eigenvalue weighted by atomic mass is 10.0. The number of ether oxygens (including phenoxy) is 2. The zero-order chi connectivity index (χ0) is 27.5. The zero-order valence-corrected chi connectivity index (χ0v) is 25.5. The van der Waals surface area contributed by atoms with E-state index in [9.17, 15) is 14.3 Å². The third kappa shape index (κ3) is 25.6. The number of hydrogen-bond donors (Lipinski definition) is 2. The highest BCUT2D eigenvalue weighted by atomic mass is 31.2. The molecule has 0 fully saturated rings. The van der Waals surface area contributed by atoms with Gasteiger partial charge in [-0.15, -0.1) is 0 Å². The summed E-state index contributed by atoms with van der Waals surface area (Å²) in [5.41, 5.74) is 0. The van der Waals surface area contributed by atoms with Crippen LogP contribution in [0, 0.1) is 0 Å². The first-order chi connectivity index (χ1) is 18.0. The Kier molecular flexibility index (Phi) is 26.8. The van der Waals surface area contributed by atoms with E-state index in [1.807, 2.05) is 13.8 Å². The first-order valence-corrected chi connectivity index (χ1v) is 17.2. The van der Waals surface area contributed by atoms with Crippen LogP contribution in [0.5, 0.6) is 0 Å². The van der Waals surface area contributed by atoms with Crippen molar-refractivity contribution in [3.05, 3.63) is 0 Å². The Morgan fingerprint density at radius 1 is 0.730 bits per heavy atom. The highest BCUT2D eigenvalue weighted by molar-refractivity contribution is 7.52. The summed E-state index contributed by atoms with van der Waals surface area (Å²) in [4.78, 5) is 22.1. The van der Waals surface area contributed by atoms with Crippen molar-refractivity contribution in [1.82, 2.24) is 0 Å². The van der Waals surface area contributed by atoms with Crippen molar-refractivity contribution in [3.8, 4) is 0 Å². The van der Waals surface area contributed by atoms with Gasteiger partial charge < -0.3 is 23.8 Å². The molecule has 0 saturated carbocycles. The molecule has 2 atom stereocenters. The van der Waals surface area contributed by atoms with Crippen molar-refractivity contribution in [3.63, 3.8) is 0 Å². The molecule has 0 spiro atoms. The number of carbonyl (C=O) groups is 1. The Hall–Kier alpha value is -0.460. The Bertz CT molecular complexity index is 533. The number of hydrogen-bond acceptors (Lipinski definition) is 5. The van der Waals surface area contributed by atoms with Crippen molar-refractivity contribution in [1.29, 1.82) is 0 Å². The maximum atomic E-state index is 12.2. The van der Waals surface area contributed by atoms with Crippen LogP contribution in [-0.4, -0.2) is 63.1 Å². The van der Waals surface area contributed by atoms with Gasteiger partial charge in [0, 0.05) is 6.61 Å². The molecule has 2 unspecified atom stereocenters. The molecule has 0 saturated heterocycles. The molecule has 0 aromatic carbocycles. The minimum atomic E-state index is -3.70. The van der Waals surface area contributed by atoms with Crippen LogP contribution < -0.4 is 4.90 Å². The van der Waals surface area contributed by atoms with E-state index in [4.69, 9.17) is 14.0 Å². The summed E-state index contributed by atoms with van der Waals surface area (Å²) in [5, 5.41) is 0. The number of rotatable bonds is 30. The quantitative estimate of drug-likeness (QED) is 0.0618. The molecular formula is C29H61NO6P+. The summed E-state index contributed by atoms with van der Waals surface area (Å²) in [6.07, 6.45) is 22.1. The first-order valence-electron chi connectivity index (χ1n) is 15.5. The molecule has 7 nitrogen and oxygen atoms in total. The standard InChI is InChI=1S/C29H60NO6P/c1-4-7-8-9-10-11-12-13-14-15-16-17-18-19-20-21-22-24-34-26-29(35-28-31)27-36-37(32,33)25-23-30(5-2)6-3/h28-29H,4-27H2,1-3H3,(H,32,33)/p+1. The molecule has 222 valence electrons. The molecule has 0 radical (unpaired) electrons. The Morgan fingerprint density at radius 2 is 1.19 bits per heavy atom. The largest absolute Gasteiger partial charge is 0.460 e. The van der Waals surface area contributed by atoms with Crippen molar-refractivity contribution in [2.24, 2.45) is 0 Å². The second kappa shape index (κ2) is 27.1. The van der Waals surface area contributed by atoms with E-state index in [1.165, 1.54) is 101 Å². The van der Waals surface area contributed by atoms with E-state index in [0.717, 1.165) is 25.9 Å². The summed E-state index contributed by atoms with van der Waals surface area (Å²) in [6, 6.07) is 0. The third-order valence-corrected chi connectivity index (χ3v) is 8.50. The van der Waals surface area contributed by atoms with Crippen LogP contribution in [0.2, 0.25) is 0 Å². The molecule has 2 N–H and O–H groups in total. The molecule has 0 aliphatic heterocycles. The van der Waals surface area contributed by atoms with Gasteiger partial charge in [-0.3, -0.25) is 9.36 Å². The number of carbonyl (C=O) groups excluding carboxylic acids is 1. The van der Waals surface area contributed by atoms with Crippen LogP contribution in [0.3, 0.4) is 0 Å². The van der Waals surface area contributed by atoms with Gasteiger partial charge in [-0.05, 0) is 20.3 Å². The molecule has 0 aliphatic carbocycles. The van der Waals surface area contributed by atoms with Crippen molar-refractivity contribution in [2.45, 2.75) is 136 Å². The molecule has 8 heteroatoms. The maximum Gasteiger partial charge on any atom is 0.333 e. The molecule has 0 aromatic rings. The van der Waals surface area contributed by atoms with E-state index >= 15 is 0 Å². The van der Waals surface area contributed by atoms with Gasteiger partial charge in [-0.2, -0.15) is 0 Å². The SMILES string of the molecule is CCCCCCCCCCCCCCCCCCCOCC(COP(=O)(O)CC[NH+](CC)CC)OC=O. The molecule has 0 rings (SSSR count). The molecule has 0 aromatic heterocycles. The van der Waals surface area contributed by atoms with Gasteiger partial charge in [0.2, 0.25) is 0 Å². The summed E-state index contributed by atoms with van der Waals surface area (Å²) in [7, 11) is -3.70. The van der Waals surface area contributed by atoms with Crippen LogP contribution >= 0.6 is 7.60 Å². The molecular weight excluding hydrogens is 489 g/mol. The lowest BCUT2D eigenvalue weighted by Crippen LogP contribution is -3.11. The van der Waals surface area contributed by atoms with Gasteiger partial charge in [-0.25, -0.2) is 0 Å². The number of quaternary nitrogens is 1. The van der Waals surface area contributed by atoms with Crippen LogP contribution in [0.1, 0.15) is 130 Å². The normalized spacial score (nSPS) is 14.1. The van der Waals surface area contributed by atoms with Crippen molar-refractivity contribution < 1.29 is 33.2 Å². The highest BCUT2D eigenvalue weighted by Crippen LogP contribution is 2.40. The molecule has 0 bridgehead atoms. The Morgan fingerprint density at radius 3 is 1.62 bits per heavy atom. The first kappa shape index (κ1) is 36.5. The summed E-state index contributed by atoms with van der Waals surface area (Å²) in [5.74, 6) is 0. The minimum absolute atomic E-state index is 0.0952. The zero-order valence-electron chi connectivity index (χ0n) is 24.6. The fourth-order valence-electron chi connectivity index (χ4n) is 4.52. The molecule has 0 amide bonds. The Balaban J connectivity index is 3.59. The monoisotopic (exact) mass is 550 g/mol. The smallest absolute Gasteiger partial charge is 0.333 e. The highest BCUT2D eigenvalue weighted by Gasteiger charge is 2.24. The Labute approximate surface area is 228 Å². The third-order valence-electron chi connectivity index (χ3n) is 7.15. The molecule has 0 heterocycles. The van der Waals surface area contributed by atoms with E-state index in [1.54, 1.807) is 0 Å². The molecule has 37 heavy (non-hydrogen) atoms. The van der Waals surface area contributed by atoms with Crippen molar-refractivity contribution >= 4 is 14.1 Å². The average molecular weight is 551 g/mol. The van der Waals surface area contributed by atoms with Gasteiger partial charge in [-0.1, -0.05) is 110 Å². The molecule has 0 aliphatic rings. The summed E-state index contributed by atoms with van der Waals surface area (Å²) in [6.45, 7) is 9.75. The lowest BCUT2D eigenvalue weighted by molar-refractivity contribution is -0.893. The van der Waals surface area contributed by atoms with Gasteiger partial charge in [0.05, 0.1) is 39.0 Å². The fourth-order valence-corrected chi connectivity index (χ4v) is 5.64. The predicted octanol–water partition coefficient (Wildman–Crippen LogP) is 6.32. The van der Waals surface area contributed by atoms with Crippen LogP contribution in [0.15, 0.2) is 0 Å². The van der Waals surface area contributed by atoms with E-state index in [-0.39, 0.29) is 19.4 Å². The van der Waals surface area contributed by atoms with Crippen LogP contribution in [0.25, 0.3) is 0 Å². The fraction of sp³-hybridized carbons (Fsp3) is 0.966. The van der Waals surface area contributed by atoms with Crippen molar-refractivity contribution in [2.75, 3.05) is 45.6 Å². The second-order valence-corrected chi connectivity index (χ2v) is 12.4. The lowest BCUT2D eigenvalue weighted by Gasteiger charge is -2.20.